The number of aromatic nitrogens is 3. The van der Waals surface area contributed by atoms with Gasteiger partial charge in [-0.15, -0.1) is 0 Å². The molecule has 4 rings (SSSR count). The van der Waals surface area contributed by atoms with Crippen LogP contribution in [0.1, 0.15) is 46.5 Å². The van der Waals surface area contributed by atoms with Crippen LogP contribution >= 0.6 is 15.6 Å². The third kappa shape index (κ3) is 10.8. The summed E-state index contributed by atoms with van der Waals surface area (Å²) in [6, 6.07) is 7.73. The van der Waals surface area contributed by atoms with Crippen LogP contribution in [-0.4, -0.2) is 91.9 Å². The van der Waals surface area contributed by atoms with Gasteiger partial charge in [-0.1, -0.05) is 17.3 Å². The van der Waals surface area contributed by atoms with Gasteiger partial charge in [-0.25, -0.2) is 32.6 Å². The Balaban J connectivity index is 1.45. The fraction of sp³-hybridized carbons (Fsp3) is 0.536. The van der Waals surface area contributed by atoms with Gasteiger partial charge in [-0.05, 0) is 46.8 Å². The van der Waals surface area contributed by atoms with Crippen molar-refractivity contribution in [2.75, 3.05) is 13.4 Å². The van der Waals surface area contributed by atoms with Gasteiger partial charge in [-0.2, -0.15) is 4.31 Å². The maximum Gasteiger partial charge on any atom is 0.510 e. The lowest BCUT2D eigenvalue weighted by Gasteiger charge is -2.23. The summed E-state index contributed by atoms with van der Waals surface area (Å²) in [7, 11) is -10.9. The first-order valence-corrected chi connectivity index (χ1v) is 18.3. The number of hydrogen-bond donors (Lipinski definition) is 3. The molecule has 3 heterocycles. The van der Waals surface area contributed by atoms with Crippen LogP contribution in [0.5, 0.6) is 0 Å². The van der Waals surface area contributed by atoms with Gasteiger partial charge in [0.2, 0.25) is 13.1 Å². The minimum Gasteiger partial charge on any atom is -0.432 e. The summed E-state index contributed by atoms with van der Waals surface area (Å²) in [4.78, 5) is 60.0. The molecule has 0 bridgehead atoms. The summed E-state index contributed by atoms with van der Waals surface area (Å²) in [5.74, 6) is 0. The van der Waals surface area contributed by atoms with E-state index < -0.39 is 95.6 Å². The Morgan fingerprint density at radius 1 is 0.942 bits per heavy atom. The van der Waals surface area contributed by atoms with Crippen LogP contribution in [0.4, 0.5) is 9.59 Å². The molecule has 0 amide bonds. The third-order valence-corrected chi connectivity index (χ3v) is 9.74. The number of aliphatic hydroxyl groups is 2. The van der Waals surface area contributed by atoms with Gasteiger partial charge in [0.05, 0.1) is 25.4 Å². The average Bonchev–Trinajstić information content (AvgIpc) is 3.56. The van der Waals surface area contributed by atoms with Crippen molar-refractivity contribution in [3.05, 3.63) is 63.1 Å². The number of carbonyl (C=O) groups excluding carboxylic acids is 2. The highest BCUT2D eigenvalue weighted by Gasteiger charge is 2.47. The Morgan fingerprint density at radius 2 is 1.62 bits per heavy atom. The van der Waals surface area contributed by atoms with Crippen LogP contribution in [0.15, 0.2) is 50.6 Å². The maximum atomic E-state index is 13.4. The van der Waals surface area contributed by atoms with Crippen molar-refractivity contribution in [2.24, 2.45) is 0 Å². The molecule has 0 radical (unpaired) electrons. The highest BCUT2D eigenvalue weighted by Crippen LogP contribution is 2.64. The first-order valence-electron chi connectivity index (χ1n) is 15.4. The zero-order valence-corrected chi connectivity index (χ0v) is 30.0. The van der Waals surface area contributed by atoms with E-state index in [1.54, 1.807) is 24.3 Å². The Kier molecular flexibility index (Phi) is 13.5. The van der Waals surface area contributed by atoms with Gasteiger partial charge in [0.25, 0.3) is 5.56 Å². The molecule has 22 nitrogen and oxygen atoms in total. The minimum atomic E-state index is -5.54. The molecule has 3 aromatic rings. The van der Waals surface area contributed by atoms with E-state index in [9.17, 15) is 43.4 Å². The first-order chi connectivity index (χ1) is 24.4. The lowest BCUT2D eigenvalue weighted by Crippen LogP contribution is -2.43. The average molecular weight is 782 g/mol. The fourth-order valence-electron chi connectivity index (χ4n) is 4.48. The summed E-state index contributed by atoms with van der Waals surface area (Å²) in [5.41, 5.74) is -1.03. The number of phosphoric ester groups is 2. The highest BCUT2D eigenvalue weighted by atomic mass is 31.3. The number of hydrogen-bond acceptors (Lipinski definition) is 19. The van der Waals surface area contributed by atoms with E-state index >= 15 is 0 Å². The summed E-state index contributed by atoms with van der Waals surface area (Å²) in [5, 5.41) is 25.9. The molecule has 1 fully saturated rings. The van der Waals surface area contributed by atoms with Crippen molar-refractivity contribution < 1.29 is 79.9 Å². The molecule has 1 aliphatic heterocycles. The predicted octanol–water partition coefficient (Wildman–Crippen LogP) is 2.52. The van der Waals surface area contributed by atoms with Gasteiger partial charge >= 0.3 is 33.6 Å². The molecule has 1 saturated heterocycles. The van der Waals surface area contributed by atoms with E-state index in [1.807, 2.05) is 0 Å². The molecule has 1 aromatic carbocycles. The van der Waals surface area contributed by atoms with E-state index in [0.29, 0.717) is 11.0 Å². The predicted molar refractivity (Wildman–Crippen MR) is 170 cm³/mol. The van der Waals surface area contributed by atoms with Gasteiger partial charge in [0, 0.05) is 17.6 Å². The SMILES string of the molecule is CC(C)OC(=O)OCOP(=O)(OC(C)OC(=O)OC(C)C)OP(=O)(O)OC[C@H]1O[C@@H](n2ccc(=O)n(Cc3noc4ccccc34)c2=O)[C@@H](O)C1O. The summed E-state index contributed by atoms with van der Waals surface area (Å²) in [6.45, 7) is 4.44. The molecule has 0 spiro atoms. The third-order valence-electron chi connectivity index (χ3n) is 6.66. The molecular formula is C28H37N3O19P2. The number of ether oxygens (including phenoxy) is 5. The second-order valence-electron chi connectivity index (χ2n) is 11.4. The molecule has 288 valence electrons. The number of rotatable bonds is 16. The molecular weight excluding hydrogens is 744 g/mol. The number of benzene rings is 1. The van der Waals surface area contributed by atoms with Crippen molar-refractivity contribution in [1.82, 2.24) is 14.3 Å². The quantitative estimate of drug-likeness (QED) is 0.107. The number of para-hydroxylation sites is 1. The molecule has 0 aliphatic carbocycles. The number of fused-ring (bicyclic) bond motifs is 1. The molecule has 3 N–H and O–H groups in total. The molecule has 2 aromatic heterocycles. The number of nitrogens with zero attached hydrogens (tertiary/aromatic N) is 3. The van der Waals surface area contributed by atoms with Crippen LogP contribution < -0.4 is 11.2 Å². The van der Waals surface area contributed by atoms with Crippen molar-refractivity contribution >= 4 is 38.9 Å². The standard InChI is InChI=1S/C28H37N3O19P2/c1-15(2)44-27(36)41-14-43-52(40,49-17(5)46-28(37)45-16(3)4)50-51(38,39)42-13-21-23(33)24(34)25(47-21)30-11-10-22(32)31(26(30)35)12-19-18-8-6-7-9-20(18)48-29-19/h6-11,15-17,21,23-25,33-34H,12-14H2,1-5H3,(H,38,39)/t17?,21-,23?,24+,25-,52?/m1/s1. The van der Waals surface area contributed by atoms with E-state index in [2.05, 4.69) is 14.2 Å². The zero-order chi connectivity index (χ0) is 38.4. The van der Waals surface area contributed by atoms with Crippen LogP contribution in [-0.2, 0) is 57.2 Å². The van der Waals surface area contributed by atoms with Gasteiger partial charge in [-0.3, -0.25) is 18.5 Å². The molecule has 4 unspecified atom stereocenters. The first kappa shape index (κ1) is 40.8. The van der Waals surface area contributed by atoms with Gasteiger partial charge in [0.1, 0.15) is 24.0 Å². The van der Waals surface area contributed by atoms with E-state index in [0.717, 1.165) is 28.3 Å². The lowest BCUT2D eigenvalue weighted by atomic mass is 10.1. The van der Waals surface area contributed by atoms with Crippen molar-refractivity contribution in [1.29, 1.82) is 0 Å². The molecule has 52 heavy (non-hydrogen) atoms. The van der Waals surface area contributed by atoms with Crippen molar-refractivity contribution in [2.45, 2.75) is 84.2 Å². The largest absolute Gasteiger partial charge is 0.510 e. The lowest BCUT2D eigenvalue weighted by molar-refractivity contribution is -0.0821. The zero-order valence-electron chi connectivity index (χ0n) is 28.2. The summed E-state index contributed by atoms with van der Waals surface area (Å²) < 4.78 is 76.6. The normalized spacial score (nSPS) is 21.8. The number of carbonyl (C=O) groups is 2. The highest BCUT2D eigenvalue weighted by molar-refractivity contribution is 7.61. The second kappa shape index (κ2) is 17.3. The van der Waals surface area contributed by atoms with Gasteiger partial charge in [0.15, 0.2) is 11.8 Å². The molecule has 24 heteroatoms. The fourth-order valence-corrected chi connectivity index (χ4v) is 7.01. The number of aliphatic hydroxyl groups excluding tert-OH is 2. The number of phosphoric acid groups is 2. The second-order valence-corrected chi connectivity index (χ2v) is 14.6. The summed E-state index contributed by atoms with van der Waals surface area (Å²) in [6.07, 6.45) is -11.6. The Bertz CT molecular complexity index is 1930. The van der Waals surface area contributed by atoms with Crippen molar-refractivity contribution in [3.8, 4) is 0 Å². The van der Waals surface area contributed by atoms with Crippen LogP contribution in [0.2, 0.25) is 0 Å². The van der Waals surface area contributed by atoms with Crippen molar-refractivity contribution in [3.63, 3.8) is 0 Å². The van der Waals surface area contributed by atoms with Crippen LogP contribution in [0.25, 0.3) is 11.0 Å². The monoisotopic (exact) mass is 781 g/mol. The van der Waals surface area contributed by atoms with E-state index in [1.165, 1.54) is 27.7 Å². The Hall–Kier alpha value is -3.95. The summed E-state index contributed by atoms with van der Waals surface area (Å²) >= 11 is 0. The van der Waals surface area contributed by atoms with Gasteiger partial charge < -0.3 is 43.3 Å². The molecule has 1 aliphatic rings. The van der Waals surface area contributed by atoms with E-state index in [4.69, 9.17) is 37.0 Å². The minimum absolute atomic E-state index is 0.259. The Labute approximate surface area is 293 Å². The maximum absolute atomic E-state index is 13.4. The smallest absolute Gasteiger partial charge is 0.432 e. The molecule has 0 saturated carbocycles. The Morgan fingerprint density at radius 3 is 2.31 bits per heavy atom. The van der Waals surface area contributed by atoms with E-state index in [-0.39, 0.29) is 12.2 Å². The van der Waals surface area contributed by atoms with Crippen LogP contribution in [0.3, 0.4) is 0 Å². The molecule has 7 atom stereocenters. The topological polar surface area (TPSA) is 282 Å². The van der Waals surface area contributed by atoms with Crippen LogP contribution in [0, 0.1) is 0 Å².